The van der Waals surface area contributed by atoms with Gasteiger partial charge in [0.1, 0.15) is 0 Å². The lowest BCUT2D eigenvalue weighted by molar-refractivity contribution is 0.0696. The third-order valence-corrected chi connectivity index (χ3v) is 2.77. The van der Waals surface area contributed by atoms with Gasteiger partial charge in [0, 0.05) is 4.90 Å². The zero-order chi connectivity index (χ0) is 9.84. The Morgan fingerprint density at radius 1 is 1.54 bits per heavy atom. The summed E-state index contributed by atoms with van der Waals surface area (Å²) in [5.74, 6) is 0.0992. The zero-order valence-corrected chi connectivity index (χ0v) is 8.52. The summed E-state index contributed by atoms with van der Waals surface area (Å²) in [4.78, 5) is 11.7. The van der Waals surface area contributed by atoms with Crippen molar-refractivity contribution in [2.75, 3.05) is 5.75 Å². The number of rotatable bonds is 3. The molecule has 0 aliphatic carbocycles. The molecule has 70 valence electrons. The number of aromatic carboxylic acids is 1. The lowest BCUT2D eigenvalue weighted by atomic mass is 10.1. The van der Waals surface area contributed by atoms with E-state index in [4.69, 9.17) is 5.11 Å². The van der Waals surface area contributed by atoms with Crippen LogP contribution >= 0.6 is 11.8 Å². The van der Waals surface area contributed by atoms with Gasteiger partial charge in [0.2, 0.25) is 0 Å². The molecule has 0 aliphatic rings. The normalized spacial score (nSPS) is 10.0. The maximum Gasteiger partial charge on any atom is 0.335 e. The number of carboxylic acid groups (broad SMARTS) is 1. The molecule has 0 aromatic heterocycles. The minimum absolute atomic E-state index is 0.363. The van der Waals surface area contributed by atoms with Crippen LogP contribution in [0.2, 0.25) is 0 Å². The van der Waals surface area contributed by atoms with Crippen molar-refractivity contribution in [3.63, 3.8) is 0 Å². The van der Waals surface area contributed by atoms with Crippen LogP contribution in [-0.2, 0) is 0 Å². The minimum atomic E-state index is -0.863. The standard InChI is InChI=1S/C10H12O2S/c1-3-13-9-6-8(10(11)12)5-4-7(9)2/h4-6H,3H2,1-2H3,(H,11,12). The van der Waals surface area contributed by atoms with Gasteiger partial charge in [-0.25, -0.2) is 4.79 Å². The van der Waals surface area contributed by atoms with Crippen LogP contribution in [0.5, 0.6) is 0 Å². The van der Waals surface area contributed by atoms with E-state index in [2.05, 4.69) is 6.92 Å². The Labute approximate surface area is 82.0 Å². The summed E-state index contributed by atoms with van der Waals surface area (Å²) in [7, 11) is 0. The van der Waals surface area contributed by atoms with Crippen LogP contribution < -0.4 is 0 Å². The van der Waals surface area contributed by atoms with Gasteiger partial charge >= 0.3 is 5.97 Å². The lowest BCUT2D eigenvalue weighted by Gasteiger charge is -2.04. The number of hydrogen-bond donors (Lipinski definition) is 1. The minimum Gasteiger partial charge on any atom is -0.478 e. The molecule has 0 saturated heterocycles. The molecule has 1 aromatic carbocycles. The highest BCUT2D eigenvalue weighted by molar-refractivity contribution is 7.99. The van der Waals surface area contributed by atoms with E-state index in [-0.39, 0.29) is 0 Å². The van der Waals surface area contributed by atoms with Crippen molar-refractivity contribution in [3.05, 3.63) is 29.3 Å². The van der Waals surface area contributed by atoms with Crippen molar-refractivity contribution in [1.82, 2.24) is 0 Å². The van der Waals surface area contributed by atoms with E-state index in [0.29, 0.717) is 5.56 Å². The SMILES string of the molecule is CCSc1cc(C(=O)O)ccc1C. The maximum atomic E-state index is 10.7. The van der Waals surface area contributed by atoms with Gasteiger partial charge in [-0.05, 0) is 30.4 Å². The lowest BCUT2D eigenvalue weighted by Crippen LogP contribution is -1.96. The second-order valence-electron chi connectivity index (χ2n) is 2.72. The molecule has 1 N–H and O–H groups in total. The zero-order valence-electron chi connectivity index (χ0n) is 7.70. The molecule has 0 atom stereocenters. The smallest absolute Gasteiger partial charge is 0.335 e. The maximum absolute atomic E-state index is 10.7. The first-order valence-electron chi connectivity index (χ1n) is 4.12. The van der Waals surface area contributed by atoms with Crippen molar-refractivity contribution in [3.8, 4) is 0 Å². The molecule has 13 heavy (non-hydrogen) atoms. The van der Waals surface area contributed by atoms with Gasteiger partial charge in [0.15, 0.2) is 0 Å². The number of hydrogen-bond acceptors (Lipinski definition) is 2. The summed E-state index contributed by atoms with van der Waals surface area (Å²) in [5, 5.41) is 8.76. The molecule has 0 unspecified atom stereocenters. The first-order chi connectivity index (χ1) is 6.15. The monoisotopic (exact) mass is 196 g/mol. The number of thioether (sulfide) groups is 1. The van der Waals surface area contributed by atoms with Crippen molar-refractivity contribution >= 4 is 17.7 Å². The summed E-state index contributed by atoms with van der Waals surface area (Å²) in [6.07, 6.45) is 0. The van der Waals surface area contributed by atoms with Crippen LogP contribution in [0.25, 0.3) is 0 Å². The van der Waals surface area contributed by atoms with Gasteiger partial charge in [0.05, 0.1) is 5.56 Å². The van der Waals surface area contributed by atoms with Gasteiger partial charge < -0.3 is 5.11 Å². The van der Waals surface area contributed by atoms with Crippen molar-refractivity contribution < 1.29 is 9.90 Å². The third-order valence-electron chi connectivity index (χ3n) is 1.73. The summed E-state index contributed by atoms with van der Waals surface area (Å²) >= 11 is 1.67. The Morgan fingerprint density at radius 2 is 2.23 bits per heavy atom. The van der Waals surface area contributed by atoms with Crippen LogP contribution in [0.4, 0.5) is 0 Å². The van der Waals surface area contributed by atoms with Crippen LogP contribution in [0.1, 0.15) is 22.8 Å². The van der Waals surface area contributed by atoms with E-state index in [9.17, 15) is 4.79 Å². The summed E-state index contributed by atoms with van der Waals surface area (Å²) in [6, 6.07) is 5.21. The van der Waals surface area contributed by atoms with Gasteiger partial charge in [-0.3, -0.25) is 0 Å². The molecule has 0 radical (unpaired) electrons. The molecule has 0 amide bonds. The van der Waals surface area contributed by atoms with Crippen LogP contribution in [0.3, 0.4) is 0 Å². The van der Waals surface area contributed by atoms with Gasteiger partial charge in [-0.2, -0.15) is 0 Å². The molecule has 0 bridgehead atoms. The second kappa shape index (κ2) is 4.33. The average molecular weight is 196 g/mol. The summed E-state index contributed by atoms with van der Waals surface area (Å²) < 4.78 is 0. The van der Waals surface area contributed by atoms with E-state index in [1.165, 1.54) is 0 Å². The van der Waals surface area contributed by atoms with Gasteiger partial charge in [-0.1, -0.05) is 13.0 Å². The van der Waals surface area contributed by atoms with Crippen LogP contribution in [0, 0.1) is 6.92 Å². The summed E-state index contributed by atoms with van der Waals surface area (Å²) in [6.45, 7) is 4.04. The number of benzene rings is 1. The molecule has 1 rings (SSSR count). The fourth-order valence-corrected chi connectivity index (χ4v) is 1.86. The first-order valence-corrected chi connectivity index (χ1v) is 5.10. The van der Waals surface area contributed by atoms with Crippen molar-refractivity contribution in [2.45, 2.75) is 18.7 Å². The predicted molar refractivity (Wildman–Crippen MR) is 54.5 cm³/mol. The molecule has 2 nitrogen and oxygen atoms in total. The third kappa shape index (κ3) is 2.49. The molecular weight excluding hydrogens is 184 g/mol. The van der Waals surface area contributed by atoms with E-state index < -0.39 is 5.97 Å². The van der Waals surface area contributed by atoms with Crippen LogP contribution in [0.15, 0.2) is 23.1 Å². The fourth-order valence-electron chi connectivity index (χ4n) is 1.04. The Hall–Kier alpha value is -0.960. The van der Waals surface area contributed by atoms with E-state index in [1.807, 2.05) is 13.0 Å². The van der Waals surface area contributed by atoms with Crippen molar-refractivity contribution in [1.29, 1.82) is 0 Å². The molecule has 0 heterocycles. The Morgan fingerprint density at radius 3 is 2.77 bits per heavy atom. The second-order valence-corrected chi connectivity index (χ2v) is 4.02. The fraction of sp³-hybridized carbons (Fsp3) is 0.300. The Bertz CT molecular complexity index is 321. The molecule has 3 heteroatoms. The van der Waals surface area contributed by atoms with Gasteiger partial charge in [-0.15, -0.1) is 11.8 Å². The molecule has 0 saturated carbocycles. The molecule has 0 spiro atoms. The highest BCUT2D eigenvalue weighted by atomic mass is 32.2. The summed E-state index contributed by atoms with van der Waals surface area (Å²) in [5.41, 5.74) is 1.50. The number of aryl methyl sites for hydroxylation is 1. The van der Waals surface area contributed by atoms with Crippen LogP contribution in [-0.4, -0.2) is 16.8 Å². The van der Waals surface area contributed by atoms with Gasteiger partial charge in [0.25, 0.3) is 0 Å². The largest absolute Gasteiger partial charge is 0.478 e. The van der Waals surface area contributed by atoms with E-state index in [0.717, 1.165) is 16.2 Å². The number of carbonyl (C=O) groups is 1. The highest BCUT2D eigenvalue weighted by Crippen LogP contribution is 2.23. The highest BCUT2D eigenvalue weighted by Gasteiger charge is 2.05. The predicted octanol–water partition coefficient (Wildman–Crippen LogP) is 2.81. The average Bonchev–Trinajstić information content (AvgIpc) is 2.08. The Kier molecular flexibility index (Phi) is 3.37. The molecular formula is C10H12O2S. The quantitative estimate of drug-likeness (QED) is 0.755. The van der Waals surface area contributed by atoms with E-state index >= 15 is 0 Å². The first kappa shape index (κ1) is 10.1. The molecule has 0 aliphatic heterocycles. The molecule has 1 aromatic rings. The number of carboxylic acids is 1. The molecule has 0 fully saturated rings. The Balaban J connectivity index is 3.03. The van der Waals surface area contributed by atoms with E-state index in [1.54, 1.807) is 23.9 Å². The van der Waals surface area contributed by atoms with Crippen molar-refractivity contribution in [2.24, 2.45) is 0 Å². The topological polar surface area (TPSA) is 37.3 Å².